The summed E-state index contributed by atoms with van der Waals surface area (Å²) < 4.78 is 31.0. The molecule has 7 heteroatoms. The third kappa shape index (κ3) is 5.71. The van der Waals surface area contributed by atoms with Crippen molar-refractivity contribution in [2.75, 3.05) is 12.9 Å². The maximum absolute atomic E-state index is 11.9. The molecule has 1 rings (SSSR count). The zero-order valence-electron chi connectivity index (χ0n) is 11.1. The Morgan fingerprint density at radius 1 is 1.53 bits per heavy atom. The molecule has 0 aliphatic carbocycles. The first-order valence-electron chi connectivity index (χ1n) is 6.08. The number of hydrogen-bond donors (Lipinski definition) is 1. The summed E-state index contributed by atoms with van der Waals surface area (Å²) in [4.78, 5) is 11.9. The van der Waals surface area contributed by atoms with E-state index in [-0.39, 0.29) is 30.6 Å². The molecule has 0 aliphatic heterocycles. The Labute approximate surface area is 118 Å². The molecule has 0 saturated carbocycles. The van der Waals surface area contributed by atoms with Gasteiger partial charge in [-0.15, -0.1) is 11.3 Å². The highest BCUT2D eigenvalue weighted by Gasteiger charge is 2.19. The molecule has 1 unspecified atom stereocenters. The van der Waals surface area contributed by atoms with Crippen molar-refractivity contribution in [1.29, 1.82) is 0 Å². The monoisotopic (exact) mass is 305 g/mol. The Morgan fingerprint density at radius 2 is 2.26 bits per heavy atom. The van der Waals surface area contributed by atoms with Crippen molar-refractivity contribution in [1.82, 2.24) is 4.72 Å². The van der Waals surface area contributed by atoms with Gasteiger partial charge in [0.2, 0.25) is 10.0 Å². The lowest BCUT2D eigenvalue weighted by molar-refractivity contribution is -0.140. The first-order valence-corrected chi connectivity index (χ1v) is 8.62. The van der Waals surface area contributed by atoms with Crippen molar-refractivity contribution in [2.45, 2.75) is 32.2 Å². The van der Waals surface area contributed by atoms with Crippen molar-refractivity contribution < 1.29 is 17.9 Å². The molecule has 0 fully saturated rings. The van der Waals surface area contributed by atoms with E-state index in [9.17, 15) is 13.2 Å². The largest absolute Gasteiger partial charge is 0.469 e. The number of thiophene rings is 1. The van der Waals surface area contributed by atoms with E-state index >= 15 is 0 Å². The number of carbonyl (C=O) groups excluding carboxylic acids is 1. The number of hydrogen-bond acceptors (Lipinski definition) is 5. The number of esters is 1. The van der Waals surface area contributed by atoms with Crippen LogP contribution in [0.25, 0.3) is 0 Å². The normalized spacial score (nSPS) is 13.2. The molecule has 0 saturated heterocycles. The number of ether oxygens (including phenoxy) is 1. The molecular weight excluding hydrogens is 286 g/mol. The third-order valence-corrected chi connectivity index (χ3v) is 5.09. The van der Waals surface area contributed by atoms with Crippen LogP contribution in [0.2, 0.25) is 0 Å². The zero-order chi connectivity index (χ0) is 14.3. The van der Waals surface area contributed by atoms with Crippen LogP contribution < -0.4 is 4.72 Å². The van der Waals surface area contributed by atoms with E-state index in [4.69, 9.17) is 0 Å². The molecule has 0 aliphatic rings. The molecule has 1 atom stereocenters. The van der Waals surface area contributed by atoms with Gasteiger partial charge in [-0.2, -0.15) is 0 Å². The molecule has 19 heavy (non-hydrogen) atoms. The van der Waals surface area contributed by atoms with Gasteiger partial charge in [0.15, 0.2) is 0 Å². The molecule has 0 radical (unpaired) electrons. The Kier molecular flexibility index (Phi) is 6.47. The topological polar surface area (TPSA) is 72.5 Å². The van der Waals surface area contributed by atoms with Gasteiger partial charge >= 0.3 is 5.97 Å². The lowest BCUT2D eigenvalue weighted by Crippen LogP contribution is -2.30. The van der Waals surface area contributed by atoms with E-state index in [2.05, 4.69) is 9.46 Å². The van der Waals surface area contributed by atoms with Crippen LogP contribution in [0.5, 0.6) is 0 Å². The van der Waals surface area contributed by atoms with Gasteiger partial charge in [-0.3, -0.25) is 4.79 Å². The summed E-state index contributed by atoms with van der Waals surface area (Å²) >= 11 is 1.53. The van der Waals surface area contributed by atoms with Gasteiger partial charge in [0, 0.05) is 11.3 Å². The van der Waals surface area contributed by atoms with Gasteiger partial charge in [-0.05, 0) is 24.3 Å². The predicted octanol–water partition coefficient (Wildman–Crippen LogP) is 2.07. The van der Waals surface area contributed by atoms with Crippen molar-refractivity contribution >= 4 is 27.3 Å². The minimum absolute atomic E-state index is 0.0655. The van der Waals surface area contributed by atoms with Crippen LogP contribution in [-0.4, -0.2) is 27.2 Å². The van der Waals surface area contributed by atoms with Crippen LogP contribution >= 0.6 is 11.3 Å². The molecule has 1 N–H and O–H groups in total. The van der Waals surface area contributed by atoms with Crippen molar-refractivity contribution in [3.8, 4) is 0 Å². The minimum atomic E-state index is -3.37. The fourth-order valence-corrected chi connectivity index (χ4v) is 3.92. The fraction of sp³-hybridized carbons (Fsp3) is 0.583. The van der Waals surface area contributed by atoms with Crippen LogP contribution in [0.1, 0.15) is 37.1 Å². The summed E-state index contributed by atoms with van der Waals surface area (Å²) in [5, 5.41) is 1.92. The maximum Gasteiger partial charge on any atom is 0.305 e. The number of sulfonamides is 1. The molecule has 1 heterocycles. The maximum atomic E-state index is 11.9. The van der Waals surface area contributed by atoms with Gasteiger partial charge in [0.25, 0.3) is 0 Å². The zero-order valence-corrected chi connectivity index (χ0v) is 12.7. The standard InChI is InChI=1S/C12H19NO4S2/c1-3-10(11-6-4-8-18-11)13-19(15,16)9-5-7-12(14)17-2/h4,6,8,10,13H,3,5,7,9H2,1-2H3. The average Bonchev–Trinajstić information content (AvgIpc) is 2.89. The molecule has 0 bridgehead atoms. The highest BCUT2D eigenvalue weighted by Crippen LogP contribution is 2.22. The second-order valence-electron chi connectivity index (χ2n) is 4.09. The number of methoxy groups -OCH3 is 1. The van der Waals surface area contributed by atoms with E-state index in [1.807, 2.05) is 24.4 Å². The molecule has 0 aromatic carbocycles. The van der Waals surface area contributed by atoms with Gasteiger partial charge in [-0.25, -0.2) is 13.1 Å². The van der Waals surface area contributed by atoms with Crippen LogP contribution in [0, 0.1) is 0 Å². The quantitative estimate of drug-likeness (QED) is 0.746. The SMILES string of the molecule is CCC(NS(=O)(=O)CCCC(=O)OC)c1cccs1. The molecular formula is C12H19NO4S2. The summed E-state index contributed by atoms with van der Waals surface area (Å²) in [6, 6.07) is 3.62. The van der Waals surface area contributed by atoms with Gasteiger partial charge < -0.3 is 4.74 Å². The van der Waals surface area contributed by atoms with E-state index < -0.39 is 10.0 Å². The Hall–Kier alpha value is -0.920. The van der Waals surface area contributed by atoms with E-state index in [0.717, 1.165) is 4.88 Å². The molecule has 108 valence electrons. The smallest absolute Gasteiger partial charge is 0.305 e. The summed E-state index contributed by atoms with van der Waals surface area (Å²) in [7, 11) is -2.08. The van der Waals surface area contributed by atoms with Crippen molar-refractivity contribution in [3.63, 3.8) is 0 Å². The average molecular weight is 305 g/mol. The highest BCUT2D eigenvalue weighted by atomic mass is 32.2. The van der Waals surface area contributed by atoms with E-state index in [0.29, 0.717) is 6.42 Å². The summed E-state index contributed by atoms with van der Waals surface area (Å²) in [6.07, 6.45) is 1.08. The molecule has 0 amide bonds. The van der Waals surface area contributed by atoms with Crippen molar-refractivity contribution in [2.24, 2.45) is 0 Å². The van der Waals surface area contributed by atoms with Crippen molar-refractivity contribution in [3.05, 3.63) is 22.4 Å². The minimum Gasteiger partial charge on any atom is -0.469 e. The van der Waals surface area contributed by atoms with Crippen LogP contribution in [-0.2, 0) is 19.6 Å². The van der Waals surface area contributed by atoms with Crippen LogP contribution in [0.3, 0.4) is 0 Å². The molecule has 0 spiro atoms. The second-order valence-corrected chi connectivity index (χ2v) is 6.95. The number of carbonyl (C=O) groups is 1. The molecule has 1 aromatic heterocycles. The first-order chi connectivity index (χ1) is 8.98. The van der Waals surface area contributed by atoms with Gasteiger partial charge in [0.05, 0.1) is 18.9 Å². The Balaban J connectivity index is 2.51. The van der Waals surface area contributed by atoms with E-state index in [1.54, 1.807) is 0 Å². The van der Waals surface area contributed by atoms with E-state index in [1.165, 1.54) is 18.4 Å². The molecule has 1 aromatic rings. The van der Waals surface area contributed by atoms with Gasteiger partial charge in [-0.1, -0.05) is 13.0 Å². The third-order valence-electron chi connectivity index (χ3n) is 2.64. The highest BCUT2D eigenvalue weighted by molar-refractivity contribution is 7.89. The van der Waals surface area contributed by atoms with Crippen LogP contribution in [0.4, 0.5) is 0 Å². The predicted molar refractivity (Wildman–Crippen MR) is 75.5 cm³/mol. The molecule has 5 nitrogen and oxygen atoms in total. The summed E-state index contributed by atoms with van der Waals surface area (Å²) in [6.45, 7) is 1.93. The Bertz CT molecular complexity index is 482. The number of nitrogens with one attached hydrogen (secondary N) is 1. The summed E-state index contributed by atoms with van der Waals surface area (Å²) in [5.41, 5.74) is 0. The second kappa shape index (κ2) is 7.62. The Morgan fingerprint density at radius 3 is 2.79 bits per heavy atom. The lowest BCUT2D eigenvalue weighted by atomic mass is 10.2. The number of rotatable bonds is 8. The lowest BCUT2D eigenvalue weighted by Gasteiger charge is -2.15. The van der Waals surface area contributed by atoms with Gasteiger partial charge in [0.1, 0.15) is 0 Å². The fourth-order valence-electron chi connectivity index (χ4n) is 1.62. The first kappa shape index (κ1) is 16.1. The van der Waals surface area contributed by atoms with Crippen LogP contribution in [0.15, 0.2) is 17.5 Å². The summed E-state index contributed by atoms with van der Waals surface area (Å²) in [5.74, 6) is -0.454.